The van der Waals surface area contributed by atoms with Gasteiger partial charge in [-0.25, -0.2) is 4.79 Å². The molecule has 0 bridgehead atoms. The number of allylic oxidation sites excluding steroid dienone is 1. The maximum Gasteiger partial charge on any atom is 0.338 e. The quantitative estimate of drug-likeness (QED) is 0.574. The lowest BCUT2D eigenvalue weighted by Gasteiger charge is -2.30. The highest BCUT2D eigenvalue weighted by Crippen LogP contribution is 2.33. The van der Waals surface area contributed by atoms with E-state index in [1.165, 1.54) is 13.2 Å². The summed E-state index contributed by atoms with van der Waals surface area (Å²) in [5.41, 5.74) is 1.81. The van der Waals surface area contributed by atoms with Crippen molar-refractivity contribution in [2.24, 2.45) is 0 Å². The van der Waals surface area contributed by atoms with Gasteiger partial charge in [-0.15, -0.1) is 0 Å². The Morgan fingerprint density at radius 3 is 2.70 bits per heavy atom. The number of thiocarbonyl (C=S) groups is 1. The number of hydrogen-bond donors (Lipinski definition) is 3. The van der Waals surface area contributed by atoms with Crippen molar-refractivity contribution in [3.8, 4) is 11.5 Å². The first kappa shape index (κ1) is 17.1. The van der Waals surface area contributed by atoms with Crippen LogP contribution in [0.4, 0.5) is 0 Å². The van der Waals surface area contributed by atoms with Crippen molar-refractivity contribution in [2.75, 3.05) is 7.11 Å². The average Bonchev–Trinajstić information content (AvgIpc) is 2.45. The summed E-state index contributed by atoms with van der Waals surface area (Å²) < 4.78 is 10.5. The zero-order valence-electron chi connectivity index (χ0n) is 13.5. The van der Waals surface area contributed by atoms with E-state index in [1.54, 1.807) is 32.9 Å². The standard InChI is InChI=1S/C16H20N2O4S/c1-8(2)22-15(20)13-9(3)17-16(23)18-14(13)10-5-6-11(19)12(7-10)21-4/h5-8,14,19H,1-4H3,(H2,17,18,23)/t14-/m0/s1. The van der Waals surface area contributed by atoms with Crippen LogP contribution in [0.2, 0.25) is 0 Å². The number of rotatable bonds is 4. The maximum absolute atomic E-state index is 12.4. The van der Waals surface area contributed by atoms with E-state index >= 15 is 0 Å². The van der Waals surface area contributed by atoms with E-state index in [0.717, 1.165) is 5.56 Å². The Hall–Kier alpha value is -2.28. The average molecular weight is 336 g/mol. The molecule has 1 atom stereocenters. The van der Waals surface area contributed by atoms with E-state index in [0.29, 0.717) is 22.1 Å². The molecule has 124 valence electrons. The summed E-state index contributed by atoms with van der Waals surface area (Å²) in [6.07, 6.45) is -0.230. The molecule has 0 unspecified atom stereocenters. The Labute approximate surface area is 140 Å². The van der Waals surface area contributed by atoms with E-state index in [9.17, 15) is 9.90 Å². The van der Waals surface area contributed by atoms with Crippen LogP contribution in [0, 0.1) is 0 Å². The predicted molar refractivity (Wildman–Crippen MR) is 90.2 cm³/mol. The fraction of sp³-hybridized carbons (Fsp3) is 0.375. The second-order valence-electron chi connectivity index (χ2n) is 5.46. The van der Waals surface area contributed by atoms with Crippen molar-refractivity contribution in [3.05, 3.63) is 35.0 Å². The number of esters is 1. The Morgan fingerprint density at radius 1 is 1.39 bits per heavy atom. The van der Waals surface area contributed by atoms with E-state index in [4.69, 9.17) is 21.7 Å². The van der Waals surface area contributed by atoms with Gasteiger partial charge in [0.05, 0.1) is 24.8 Å². The summed E-state index contributed by atoms with van der Waals surface area (Å²) >= 11 is 5.19. The van der Waals surface area contributed by atoms with Gasteiger partial charge in [-0.05, 0) is 50.7 Å². The molecule has 0 saturated heterocycles. The van der Waals surface area contributed by atoms with E-state index in [2.05, 4.69) is 10.6 Å². The first-order valence-electron chi connectivity index (χ1n) is 7.19. The minimum Gasteiger partial charge on any atom is -0.504 e. The second kappa shape index (κ2) is 6.87. The molecule has 1 aromatic carbocycles. The van der Waals surface area contributed by atoms with Gasteiger partial charge in [0, 0.05) is 5.70 Å². The highest BCUT2D eigenvalue weighted by Gasteiger charge is 2.31. The van der Waals surface area contributed by atoms with Crippen molar-refractivity contribution < 1.29 is 19.4 Å². The zero-order chi connectivity index (χ0) is 17.1. The fourth-order valence-electron chi connectivity index (χ4n) is 2.37. The van der Waals surface area contributed by atoms with Crippen LogP contribution in [-0.4, -0.2) is 29.4 Å². The third-order valence-electron chi connectivity index (χ3n) is 3.37. The van der Waals surface area contributed by atoms with Gasteiger partial charge in [-0.2, -0.15) is 0 Å². The molecule has 0 amide bonds. The monoisotopic (exact) mass is 336 g/mol. The summed E-state index contributed by atoms with van der Waals surface area (Å²) in [5, 5.41) is 16.2. The van der Waals surface area contributed by atoms with Crippen molar-refractivity contribution in [1.29, 1.82) is 0 Å². The van der Waals surface area contributed by atoms with Gasteiger partial charge >= 0.3 is 5.97 Å². The molecule has 0 fully saturated rings. The Bertz CT molecular complexity index is 670. The lowest BCUT2D eigenvalue weighted by molar-refractivity contribution is -0.143. The highest BCUT2D eigenvalue weighted by molar-refractivity contribution is 7.80. The van der Waals surface area contributed by atoms with E-state index in [1.807, 2.05) is 0 Å². The molecule has 23 heavy (non-hydrogen) atoms. The maximum atomic E-state index is 12.4. The van der Waals surface area contributed by atoms with Gasteiger partial charge in [-0.1, -0.05) is 6.07 Å². The van der Waals surface area contributed by atoms with Gasteiger partial charge in [0.2, 0.25) is 0 Å². The minimum absolute atomic E-state index is 0.0276. The molecule has 1 aliphatic heterocycles. The van der Waals surface area contributed by atoms with Crippen LogP contribution in [0.15, 0.2) is 29.5 Å². The van der Waals surface area contributed by atoms with Gasteiger partial charge in [0.15, 0.2) is 16.6 Å². The van der Waals surface area contributed by atoms with Gasteiger partial charge in [0.25, 0.3) is 0 Å². The molecule has 1 aliphatic rings. The third kappa shape index (κ3) is 3.73. The van der Waals surface area contributed by atoms with Gasteiger partial charge in [-0.3, -0.25) is 0 Å². The second-order valence-corrected chi connectivity index (χ2v) is 5.86. The number of ether oxygens (including phenoxy) is 2. The Balaban J connectivity index is 2.46. The lowest BCUT2D eigenvalue weighted by Crippen LogP contribution is -2.45. The largest absolute Gasteiger partial charge is 0.504 e. The van der Waals surface area contributed by atoms with Crippen LogP contribution in [0.1, 0.15) is 32.4 Å². The molecule has 0 aliphatic carbocycles. The first-order chi connectivity index (χ1) is 10.8. The van der Waals surface area contributed by atoms with E-state index < -0.39 is 12.0 Å². The molecular weight excluding hydrogens is 316 g/mol. The van der Waals surface area contributed by atoms with Crippen molar-refractivity contribution in [3.63, 3.8) is 0 Å². The van der Waals surface area contributed by atoms with Crippen LogP contribution in [0.5, 0.6) is 11.5 Å². The summed E-state index contributed by atoms with van der Waals surface area (Å²) in [4.78, 5) is 12.4. The molecular formula is C16H20N2O4S. The number of carbonyl (C=O) groups is 1. The summed E-state index contributed by atoms with van der Waals surface area (Å²) in [7, 11) is 1.47. The molecule has 3 N–H and O–H groups in total. The highest BCUT2D eigenvalue weighted by atomic mass is 32.1. The predicted octanol–water partition coefficient (Wildman–Crippen LogP) is 2.15. The topological polar surface area (TPSA) is 79.8 Å². The number of methoxy groups -OCH3 is 1. The van der Waals surface area contributed by atoms with Crippen LogP contribution in [-0.2, 0) is 9.53 Å². The van der Waals surface area contributed by atoms with Crippen LogP contribution < -0.4 is 15.4 Å². The molecule has 1 heterocycles. The number of hydrogen-bond acceptors (Lipinski definition) is 5. The first-order valence-corrected chi connectivity index (χ1v) is 7.60. The smallest absolute Gasteiger partial charge is 0.338 e. The van der Waals surface area contributed by atoms with Gasteiger partial charge in [0.1, 0.15) is 0 Å². The molecule has 1 aromatic rings. The molecule has 0 saturated carbocycles. The van der Waals surface area contributed by atoms with Crippen molar-refractivity contribution in [1.82, 2.24) is 10.6 Å². The molecule has 0 radical (unpaired) electrons. The van der Waals surface area contributed by atoms with Crippen LogP contribution in [0.3, 0.4) is 0 Å². The van der Waals surface area contributed by atoms with Crippen molar-refractivity contribution in [2.45, 2.75) is 32.9 Å². The fourth-order valence-corrected chi connectivity index (χ4v) is 2.64. The van der Waals surface area contributed by atoms with Crippen molar-refractivity contribution >= 4 is 23.3 Å². The Kier molecular flexibility index (Phi) is 5.10. The third-order valence-corrected chi connectivity index (χ3v) is 3.59. The normalized spacial score (nSPS) is 17.6. The Morgan fingerprint density at radius 2 is 2.09 bits per heavy atom. The number of phenolic OH excluding ortho intramolecular Hbond substituents is 1. The molecule has 7 heteroatoms. The van der Waals surface area contributed by atoms with E-state index in [-0.39, 0.29) is 11.9 Å². The molecule has 0 spiro atoms. The number of phenols is 1. The number of benzene rings is 1. The molecule has 6 nitrogen and oxygen atoms in total. The summed E-state index contributed by atoms with van der Waals surface area (Å²) in [6, 6.07) is 4.40. The molecule has 2 rings (SSSR count). The van der Waals surface area contributed by atoms with Crippen LogP contribution in [0.25, 0.3) is 0 Å². The number of aromatic hydroxyl groups is 1. The SMILES string of the molecule is COc1cc([C@@H]2NC(=S)NC(C)=C2C(=O)OC(C)C)ccc1O. The zero-order valence-corrected chi connectivity index (χ0v) is 14.3. The van der Waals surface area contributed by atoms with Gasteiger partial charge < -0.3 is 25.2 Å². The molecule has 0 aromatic heterocycles. The number of carbonyl (C=O) groups excluding carboxylic acids is 1. The lowest BCUT2D eigenvalue weighted by atomic mass is 9.95. The number of nitrogens with one attached hydrogen (secondary N) is 2. The van der Waals surface area contributed by atoms with Crippen LogP contribution >= 0.6 is 12.2 Å². The summed E-state index contributed by atoms with van der Waals surface area (Å²) in [5.74, 6) is -0.0696. The summed E-state index contributed by atoms with van der Waals surface area (Å²) in [6.45, 7) is 5.36. The minimum atomic E-state index is -0.482.